The Hall–Kier alpha value is -3.02. The van der Waals surface area contributed by atoms with Gasteiger partial charge in [-0.2, -0.15) is 0 Å². The van der Waals surface area contributed by atoms with E-state index < -0.39 is 0 Å². The summed E-state index contributed by atoms with van der Waals surface area (Å²) >= 11 is 0. The van der Waals surface area contributed by atoms with Crippen LogP contribution in [0.5, 0.6) is 0 Å². The second-order valence-corrected chi connectivity index (χ2v) is 6.49. The number of benzene rings is 2. The molecule has 6 heteroatoms. The van der Waals surface area contributed by atoms with Gasteiger partial charge in [-0.3, -0.25) is 14.2 Å². The molecule has 0 unspecified atom stereocenters. The lowest BCUT2D eigenvalue weighted by atomic mass is 10.0. The number of carbonyl (C=O) groups is 1. The van der Waals surface area contributed by atoms with Gasteiger partial charge in [0.2, 0.25) is 5.91 Å². The van der Waals surface area contributed by atoms with Crippen LogP contribution in [0.3, 0.4) is 0 Å². The highest BCUT2D eigenvalue weighted by atomic mass is 19.1. The zero-order chi connectivity index (χ0) is 19.4. The van der Waals surface area contributed by atoms with E-state index in [0.29, 0.717) is 17.3 Å². The summed E-state index contributed by atoms with van der Waals surface area (Å²) in [6.45, 7) is 2.25. The number of aryl methyl sites for hydroxylation is 1. The van der Waals surface area contributed by atoms with E-state index in [0.717, 1.165) is 5.56 Å². The van der Waals surface area contributed by atoms with Crippen molar-refractivity contribution in [3.63, 3.8) is 0 Å². The number of carbonyl (C=O) groups excluding carboxylic acids is 1. The molecule has 0 N–H and O–H groups in total. The highest BCUT2D eigenvalue weighted by Crippen LogP contribution is 2.23. The fourth-order valence-electron chi connectivity index (χ4n) is 3.25. The number of hydrogen-bond acceptors (Lipinski definition) is 3. The molecule has 1 atom stereocenters. The molecule has 0 fully saturated rings. The number of halogens is 1. The summed E-state index contributed by atoms with van der Waals surface area (Å²) < 4.78 is 14.6. The first-order valence-corrected chi connectivity index (χ1v) is 8.96. The molecule has 0 aliphatic carbocycles. The minimum absolute atomic E-state index is 0.0776. The van der Waals surface area contributed by atoms with Crippen LogP contribution in [0.4, 0.5) is 4.39 Å². The highest BCUT2D eigenvalue weighted by molar-refractivity contribution is 5.77. The van der Waals surface area contributed by atoms with Gasteiger partial charge in [0, 0.05) is 20.0 Å². The predicted octanol–water partition coefficient (Wildman–Crippen LogP) is 3.54. The van der Waals surface area contributed by atoms with Crippen molar-refractivity contribution in [2.75, 3.05) is 7.05 Å². The van der Waals surface area contributed by atoms with E-state index in [2.05, 4.69) is 4.98 Å². The van der Waals surface area contributed by atoms with Gasteiger partial charge in [0.05, 0.1) is 23.3 Å². The molecule has 0 bridgehead atoms. The van der Waals surface area contributed by atoms with Crippen LogP contribution >= 0.6 is 0 Å². The van der Waals surface area contributed by atoms with Gasteiger partial charge >= 0.3 is 0 Å². The third-order valence-corrected chi connectivity index (χ3v) is 4.80. The van der Waals surface area contributed by atoms with Gasteiger partial charge in [0.1, 0.15) is 5.82 Å². The van der Waals surface area contributed by atoms with Gasteiger partial charge < -0.3 is 4.90 Å². The Kier molecular flexibility index (Phi) is 5.64. The lowest BCUT2D eigenvalue weighted by molar-refractivity contribution is -0.132. The van der Waals surface area contributed by atoms with Crippen molar-refractivity contribution in [3.05, 3.63) is 76.6 Å². The minimum atomic E-state index is -0.300. The van der Waals surface area contributed by atoms with Gasteiger partial charge in [-0.25, -0.2) is 9.37 Å². The molecule has 3 aromatic rings. The first-order chi connectivity index (χ1) is 13.0. The lowest BCUT2D eigenvalue weighted by Crippen LogP contribution is -2.32. The summed E-state index contributed by atoms with van der Waals surface area (Å²) in [6.07, 6.45) is 2.38. The molecule has 3 rings (SSSR count). The molecular formula is C21H22FN3O2. The number of amides is 1. The van der Waals surface area contributed by atoms with Crippen molar-refractivity contribution in [2.45, 2.75) is 32.4 Å². The van der Waals surface area contributed by atoms with Gasteiger partial charge in [-0.15, -0.1) is 0 Å². The molecule has 5 nitrogen and oxygen atoms in total. The summed E-state index contributed by atoms with van der Waals surface area (Å²) in [6, 6.07) is 13.2. The Bertz CT molecular complexity index is 998. The maximum Gasteiger partial charge on any atom is 0.261 e. The summed E-state index contributed by atoms with van der Waals surface area (Å²) in [5.74, 6) is -0.378. The lowest BCUT2D eigenvalue weighted by Gasteiger charge is -2.28. The van der Waals surface area contributed by atoms with E-state index in [4.69, 9.17) is 0 Å². The van der Waals surface area contributed by atoms with Crippen LogP contribution in [0, 0.1) is 5.82 Å². The molecule has 1 aromatic heterocycles. The van der Waals surface area contributed by atoms with Crippen LogP contribution < -0.4 is 5.56 Å². The molecule has 0 saturated heterocycles. The molecule has 27 heavy (non-hydrogen) atoms. The number of nitrogens with zero attached hydrogens (tertiary/aromatic N) is 3. The maximum atomic E-state index is 13.2. The van der Waals surface area contributed by atoms with Crippen molar-refractivity contribution in [2.24, 2.45) is 0 Å². The smallest absolute Gasteiger partial charge is 0.261 e. The first-order valence-electron chi connectivity index (χ1n) is 8.96. The highest BCUT2D eigenvalue weighted by Gasteiger charge is 2.20. The molecular weight excluding hydrogens is 345 g/mol. The van der Waals surface area contributed by atoms with E-state index in [9.17, 15) is 14.0 Å². The molecule has 0 radical (unpaired) electrons. The Labute approximate surface area is 157 Å². The van der Waals surface area contributed by atoms with E-state index in [1.165, 1.54) is 23.0 Å². The zero-order valence-electron chi connectivity index (χ0n) is 15.4. The number of aromatic nitrogens is 2. The number of hydrogen-bond donors (Lipinski definition) is 0. The summed E-state index contributed by atoms with van der Waals surface area (Å²) in [7, 11) is 1.74. The standard InChI is InChI=1S/C21H22FN3O2/c1-3-19(15-8-10-16(22)11-9-15)24(2)20(26)12-13-25-14-23-18-7-5-4-6-17(18)21(25)27/h4-11,14,19H,3,12-13H2,1-2H3/t19-/m0/s1. The quantitative estimate of drug-likeness (QED) is 0.670. The normalized spacial score (nSPS) is 12.1. The second-order valence-electron chi connectivity index (χ2n) is 6.49. The fraction of sp³-hybridized carbons (Fsp3) is 0.286. The Morgan fingerprint density at radius 1 is 1.19 bits per heavy atom. The van der Waals surface area contributed by atoms with Gasteiger partial charge in [-0.1, -0.05) is 31.2 Å². The molecule has 1 amide bonds. The van der Waals surface area contributed by atoms with Crippen molar-refractivity contribution < 1.29 is 9.18 Å². The monoisotopic (exact) mass is 367 g/mol. The van der Waals surface area contributed by atoms with Crippen LogP contribution in [-0.2, 0) is 11.3 Å². The van der Waals surface area contributed by atoms with Crippen molar-refractivity contribution in [1.82, 2.24) is 14.5 Å². The van der Waals surface area contributed by atoms with Crippen LogP contribution in [0.25, 0.3) is 10.9 Å². The number of fused-ring (bicyclic) bond motifs is 1. The molecule has 0 aliphatic rings. The van der Waals surface area contributed by atoms with Crippen molar-refractivity contribution in [1.29, 1.82) is 0 Å². The first kappa shape index (κ1) is 18.8. The number of para-hydroxylation sites is 1. The topological polar surface area (TPSA) is 55.2 Å². The van der Waals surface area contributed by atoms with Gasteiger partial charge in [0.15, 0.2) is 0 Å². The summed E-state index contributed by atoms with van der Waals surface area (Å²) in [5, 5.41) is 0.540. The van der Waals surface area contributed by atoms with Crippen LogP contribution in [0.15, 0.2) is 59.7 Å². The average Bonchev–Trinajstić information content (AvgIpc) is 2.69. The Morgan fingerprint density at radius 3 is 2.59 bits per heavy atom. The van der Waals surface area contributed by atoms with Crippen LogP contribution in [-0.4, -0.2) is 27.4 Å². The Morgan fingerprint density at radius 2 is 1.89 bits per heavy atom. The van der Waals surface area contributed by atoms with Crippen molar-refractivity contribution in [3.8, 4) is 0 Å². The summed E-state index contributed by atoms with van der Waals surface area (Å²) in [5.41, 5.74) is 1.38. The Balaban J connectivity index is 1.72. The SMILES string of the molecule is CC[C@@H](c1ccc(F)cc1)N(C)C(=O)CCn1cnc2ccccc2c1=O. The largest absolute Gasteiger partial charge is 0.339 e. The van der Waals surface area contributed by atoms with Gasteiger partial charge in [-0.05, 0) is 36.2 Å². The minimum Gasteiger partial charge on any atom is -0.339 e. The molecule has 0 spiro atoms. The van der Waals surface area contributed by atoms with E-state index in [1.54, 1.807) is 42.3 Å². The van der Waals surface area contributed by atoms with Crippen LogP contribution in [0.1, 0.15) is 31.4 Å². The average molecular weight is 367 g/mol. The van der Waals surface area contributed by atoms with Gasteiger partial charge in [0.25, 0.3) is 5.56 Å². The van der Waals surface area contributed by atoms with E-state index in [1.807, 2.05) is 13.0 Å². The number of rotatable bonds is 6. The zero-order valence-corrected chi connectivity index (χ0v) is 15.4. The third kappa shape index (κ3) is 4.05. The fourth-order valence-corrected chi connectivity index (χ4v) is 3.25. The predicted molar refractivity (Wildman–Crippen MR) is 103 cm³/mol. The van der Waals surface area contributed by atoms with Crippen molar-refractivity contribution >= 4 is 16.8 Å². The van der Waals surface area contributed by atoms with E-state index in [-0.39, 0.29) is 36.3 Å². The molecule has 0 aliphatic heterocycles. The maximum absolute atomic E-state index is 13.2. The summed E-state index contributed by atoms with van der Waals surface area (Å²) in [4.78, 5) is 31.1. The third-order valence-electron chi connectivity index (χ3n) is 4.80. The van der Waals surface area contributed by atoms with Crippen LogP contribution in [0.2, 0.25) is 0 Å². The second kappa shape index (κ2) is 8.12. The molecule has 1 heterocycles. The molecule has 0 saturated carbocycles. The molecule has 2 aromatic carbocycles. The van der Waals surface area contributed by atoms with E-state index >= 15 is 0 Å². The molecule has 140 valence electrons.